The fraction of sp³-hybridized carbons (Fsp3) is 0.364. The van der Waals surface area contributed by atoms with Gasteiger partial charge in [-0.15, -0.1) is 0 Å². The monoisotopic (exact) mass is 231 g/mol. The van der Waals surface area contributed by atoms with Crippen molar-refractivity contribution in [3.05, 3.63) is 35.4 Å². The number of hydrogen-bond donors (Lipinski definition) is 1. The fourth-order valence-electron chi connectivity index (χ4n) is 1.22. The highest BCUT2D eigenvalue weighted by atomic mass is 19.4. The molecule has 0 saturated heterocycles. The molecule has 0 amide bonds. The number of hydrogen-bond acceptors (Lipinski definition) is 2. The minimum absolute atomic E-state index is 0.0679. The SMILES string of the molecule is C[C@H](N)C(=O)Cc1cccc(C(F)(F)F)c1. The van der Waals surface area contributed by atoms with Gasteiger partial charge in [-0.1, -0.05) is 18.2 Å². The van der Waals surface area contributed by atoms with Crippen LogP contribution in [0.1, 0.15) is 18.1 Å². The molecule has 0 aliphatic heterocycles. The number of nitrogens with two attached hydrogens (primary N) is 1. The van der Waals surface area contributed by atoms with Gasteiger partial charge in [-0.3, -0.25) is 4.79 Å². The Hall–Kier alpha value is -1.36. The van der Waals surface area contributed by atoms with Crippen molar-refractivity contribution in [3.8, 4) is 0 Å². The Labute approximate surface area is 91.3 Å². The summed E-state index contributed by atoms with van der Waals surface area (Å²) in [5, 5.41) is 0. The van der Waals surface area contributed by atoms with Crippen molar-refractivity contribution < 1.29 is 18.0 Å². The van der Waals surface area contributed by atoms with E-state index in [9.17, 15) is 18.0 Å². The summed E-state index contributed by atoms with van der Waals surface area (Å²) in [4.78, 5) is 11.3. The first-order valence-electron chi connectivity index (χ1n) is 4.75. The van der Waals surface area contributed by atoms with Crippen LogP contribution in [0.3, 0.4) is 0 Å². The van der Waals surface area contributed by atoms with E-state index < -0.39 is 17.8 Å². The third-order valence-electron chi connectivity index (χ3n) is 2.14. The van der Waals surface area contributed by atoms with Crippen LogP contribution >= 0.6 is 0 Å². The number of carbonyl (C=O) groups is 1. The standard InChI is InChI=1S/C11H12F3NO/c1-7(15)10(16)6-8-3-2-4-9(5-8)11(12,13)14/h2-5,7H,6,15H2,1H3/t7-/m0/s1. The molecule has 1 aromatic rings. The lowest BCUT2D eigenvalue weighted by Gasteiger charge is -2.09. The molecule has 2 nitrogen and oxygen atoms in total. The summed E-state index contributed by atoms with van der Waals surface area (Å²) in [6.45, 7) is 1.51. The zero-order valence-electron chi connectivity index (χ0n) is 8.71. The van der Waals surface area contributed by atoms with E-state index in [0.29, 0.717) is 5.56 Å². The number of alkyl halides is 3. The number of rotatable bonds is 3. The summed E-state index contributed by atoms with van der Waals surface area (Å²) in [6.07, 6.45) is -4.45. The highest BCUT2D eigenvalue weighted by molar-refractivity contribution is 5.85. The van der Waals surface area contributed by atoms with Crippen LogP contribution in [0, 0.1) is 0 Å². The second-order valence-electron chi connectivity index (χ2n) is 3.63. The van der Waals surface area contributed by atoms with E-state index in [2.05, 4.69) is 0 Å². The summed E-state index contributed by atoms with van der Waals surface area (Å²) in [6, 6.07) is 4.05. The van der Waals surface area contributed by atoms with E-state index >= 15 is 0 Å². The molecule has 0 heterocycles. The molecule has 16 heavy (non-hydrogen) atoms. The number of carbonyl (C=O) groups excluding carboxylic acids is 1. The second-order valence-corrected chi connectivity index (χ2v) is 3.63. The van der Waals surface area contributed by atoms with Crippen LogP contribution in [0.4, 0.5) is 13.2 Å². The average molecular weight is 231 g/mol. The van der Waals surface area contributed by atoms with Gasteiger partial charge >= 0.3 is 6.18 Å². The predicted octanol–water partition coefficient (Wildman–Crippen LogP) is 2.16. The molecule has 0 aliphatic rings. The molecule has 0 aromatic heterocycles. The molecule has 0 radical (unpaired) electrons. The number of ketones is 1. The lowest BCUT2D eigenvalue weighted by atomic mass is 10.0. The van der Waals surface area contributed by atoms with Gasteiger partial charge in [-0.2, -0.15) is 13.2 Å². The van der Waals surface area contributed by atoms with Gasteiger partial charge in [0.15, 0.2) is 5.78 Å². The van der Waals surface area contributed by atoms with E-state index in [4.69, 9.17) is 5.73 Å². The van der Waals surface area contributed by atoms with Crippen LogP contribution in [0.15, 0.2) is 24.3 Å². The van der Waals surface area contributed by atoms with Crippen LogP contribution in [0.25, 0.3) is 0 Å². The fourth-order valence-corrected chi connectivity index (χ4v) is 1.22. The van der Waals surface area contributed by atoms with Gasteiger partial charge in [0.05, 0.1) is 11.6 Å². The summed E-state index contributed by atoms with van der Waals surface area (Å²) < 4.78 is 37.1. The molecular weight excluding hydrogens is 219 g/mol. The van der Waals surface area contributed by atoms with Crippen molar-refractivity contribution >= 4 is 5.78 Å². The minimum atomic E-state index is -4.38. The Balaban J connectivity index is 2.88. The second kappa shape index (κ2) is 4.65. The van der Waals surface area contributed by atoms with Crippen LogP contribution in [0.5, 0.6) is 0 Å². The van der Waals surface area contributed by atoms with E-state index in [0.717, 1.165) is 12.1 Å². The van der Waals surface area contributed by atoms with Crippen molar-refractivity contribution in [2.75, 3.05) is 0 Å². The minimum Gasteiger partial charge on any atom is -0.322 e. The van der Waals surface area contributed by atoms with Crippen LogP contribution in [0.2, 0.25) is 0 Å². The van der Waals surface area contributed by atoms with Crippen LogP contribution in [-0.4, -0.2) is 11.8 Å². The molecule has 1 atom stereocenters. The maximum Gasteiger partial charge on any atom is 0.416 e. The Bertz CT molecular complexity index is 385. The van der Waals surface area contributed by atoms with Gasteiger partial charge in [-0.05, 0) is 18.6 Å². The smallest absolute Gasteiger partial charge is 0.322 e. The summed E-state index contributed by atoms with van der Waals surface area (Å²) in [5.41, 5.74) is 4.92. The lowest BCUT2D eigenvalue weighted by molar-refractivity contribution is -0.137. The van der Waals surface area contributed by atoms with Crippen molar-refractivity contribution in [2.45, 2.75) is 25.6 Å². The zero-order valence-corrected chi connectivity index (χ0v) is 8.71. The number of halogens is 3. The Morgan fingerprint density at radius 1 is 1.44 bits per heavy atom. The maximum atomic E-state index is 12.4. The van der Waals surface area contributed by atoms with Crippen molar-refractivity contribution in [1.82, 2.24) is 0 Å². The normalized spacial score (nSPS) is 13.6. The highest BCUT2D eigenvalue weighted by Gasteiger charge is 2.30. The average Bonchev–Trinajstić information content (AvgIpc) is 2.16. The van der Waals surface area contributed by atoms with Gasteiger partial charge in [0.25, 0.3) is 0 Å². The molecule has 0 unspecified atom stereocenters. The molecule has 1 aromatic carbocycles. The first-order chi connectivity index (χ1) is 7.30. The molecular formula is C11H12F3NO. The molecule has 0 fully saturated rings. The van der Waals surface area contributed by atoms with Crippen LogP contribution < -0.4 is 5.73 Å². The van der Waals surface area contributed by atoms with E-state index in [1.54, 1.807) is 0 Å². The maximum absolute atomic E-state index is 12.4. The Morgan fingerprint density at radius 2 is 2.06 bits per heavy atom. The quantitative estimate of drug-likeness (QED) is 0.866. The van der Waals surface area contributed by atoms with Crippen molar-refractivity contribution in [2.24, 2.45) is 5.73 Å². The molecule has 0 bridgehead atoms. The lowest BCUT2D eigenvalue weighted by Crippen LogP contribution is -2.28. The third kappa shape index (κ3) is 3.34. The van der Waals surface area contributed by atoms with Crippen LogP contribution in [-0.2, 0) is 17.4 Å². The summed E-state index contributed by atoms with van der Waals surface area (Å²) in [7, 11) is 0. The van der Waals surface area contributed by atoms with E-state index in [1.807, 2.05) is 0 Å². The Morgan fingerprint density at radius 3 is 2.56 bits per heavy atom. The zero-order chi connectivity index (χ0) is 12.3. The topological polar surface area (TPSA) is 43.1 Å². The molecule has 0 saturated carbocycles. The molecule has 2 N–H and O–H groups in total. The molecule has 5 heteroatoms. The van der Waals surface area contributed by atoms with Gasteiger partial charge in [0.1, 0.15) is 0 Å². The summed E-state index contributed by atoms with van der Waals surface area (Å²) in [5.74, 6) is -0.278. The van der Waals surface area contributed by atoms with Gasteiger partial charge in [0.2, 0.25) is 0 Å². The summed E-state index contributed by atoms with van der Waals surface area (Å²) >= 11 is 0. The molecule has 1 rings (SSSR count). The molecule has 0 spiro atoms. The largest absolute Gasteiger partial charge is 0.416 e. The van der Waals surface area contributed by atoms with Gasteiger partial charge in [0, 0.05) is 6.42 Å². The first kappa shape index (κ1) is 12.7. The molecule has 88 valence electrons. The highest BCUT2D eigenvalue weighted by Crippen LogP contribution is 2.29. The van der Waals surface area contributed by atoms with E-state index in [1.165, 1.54) is 19.1 Å². The van der Waals surface area contributed by atoms with Crippen molar-refractivity contribution in [3.63, 3.8) is 0 Å². The van der Waals surface area contributed by atoms with Gasteiger partial charge in [-0.25, -0.2) is 0 Å². The predicted molar refractivity (Wildman–Crippen MR) is 53.8 cm³/mol. The van der Waals surface area contributed by atoms with Gasteiger partial charge < -0.3 is 5.73 Å². The number of benzene rings is 1. The van der Waals surface area contributed by atoms with E-state index in [-0.39, 0.29) is 12.2 Å². The first-order valence-corrected chi connectivity index (χ1v) is 4.75. The molecule has 0 aliphatic carbocycles. The van der Waals surface area contributed by atoms with Crippen molar-refractivity contribution in [1.29, 1.82) is 0 Å². The Kier molecular flexibility index (Phi) is 3.70. The third-order valence-corrected chi connectivity index (χ3v) is 2.14. The number of Topliss-reactive ketones (excluding diaryl/α,β-unsaturated/α-hetero) is 1.